The van der Waals surface area contributed by atoms with E-state index in [2.05, 4.69) is 5.32 Å². The Kier molecular flexibility index (Phi) is 4.40. The zero-order valence-corrected chi connectivity index (χ0v) is 9.75. The maximum absolute atomic E-state index is 12.6. The monoisotopic (exact) mass is 247 g/mol. The highest BCUT2D eigenvalue weighted by Crippen LogP contribution is 2.29. The van der Waals surface area contributed by atoms with Gasteiger partial charge in [0.2, 0.25) is 0 Å². The molecule has 96 valence electrons. The molecule has 0 aromatic heterocycles. The quantitative estimate of drug-likeness (QED) is 0.838. The van der Waals surface area contributed by atoms with Crippen LogP contribution >= 0.6 is 0 Å². The highest BCUT2D eigenvalue weighted by Gasteiger charge is 2.39. The summed E-state index contributed by atoms with van der Waals surface area (Å²) in [5.74, 6) is 0. The lowest BCUT2D eigenvalue weighted by Crippen LogP contribution is -2.36. The predicted molar refractivity (Wildman–Crippen MR) is 61.1 cm³/mol. The number of rotatable bonds is 5. The Morgan fingerprint density at radius 1 is 1.24 bits per heavy atom. The molecule has 2 nitrogen and oxygen atoms in total. The van der Waals surface area contributed by atoms with E-state index in [4.69, 9.17) is 0 Å². The second-order valence-electron chi connectivity index (χ2n) is 4.23. The lowest BCUT2D eigenvalue weighted by atomic mass is 9.95. The number of halogens is 3. The molecule has 0 aliphatic heterocycles. The third-order valence-corrected chi connectivity index (χ3v) is 2.40. The average Bonchev–Trinajstić information content (AvgIpc) is 2.28. The topological polar surface area (TPSA) is 32.3 Å². The Labute approximate surface area is 98.5 Å². The standard InChI is InChI=1S/C12H16F3NO/c1-8(2)16-10-5-3-9(4-6-10)12(17,7-13)11(14)15/h3-6,8,11,16-17H,7H2,1-2H3. The highest BCUT2D eigenvalue weighted by molar-refractivity contribution is 5.46. The van der Waals surface area contributed by atoms with Crippen molar-refractivity contribution >= 4 is 5.69 Å². The van der Waals surface area contributed by atoms with Crippen molar-refractivity contribution in [2.24, 2.45) is 0 Å². The third kappa shape index (κ3) is 3.12. The number of nitrogens with one attached hydrogen (secondary N) is 1. The molecule has 0 saturated heterocycles. The number of hydrogen-bond acceptors (Lipinski definition) is 2. The van der Waals surface area contributed by atoms with Crippen molar-refractivity contribution < 1.29 is 18.3 Å². The Morgan fingerprint density at radius 2 is 1.76 bits per heavy atom. The molecule has 0 aliphatic rings. The summed E-state index contributed by atoms with van der Waals surface area (Å²) in [5.41, 5.74) is -2.10. The SMILES string of the molecule is CC(C)Nc1ccc(C(O)(CF)C(F)F)cc1. The molecular weight excluding hydrogens is 231 g/mol. The first-order chi connectivity index (χ1) is 7.90. The first kappa shape index (κ1) is 13.8. The van der Waals surface area contributed by atoms with Crippen molar-refractivity contribution in [3.8, 4) is 0 Å². The fourth-order valence-electron chi connectivity index (χ4n) is 1.45. The Balaban J connectivity index is 2.93. The molecule has 0 saturated carbocycles. The average molecular weight is 247 g/mol. The van der Waals surface area contributed by atoms with Gasteiger partial charge in [-0.25, -0.2) is 13.2 Å². The van der Waals surface area contributed by atoms with Gasteiger partial charge >= 0.3 is 0 Å². The van der Waals surface area contributed by atoms with Crippen molar-refractivity contribution in [3.05, 3.63) is 29.8 Å². The van der Waals surface area contributed by atoms with Crippen molar-refractivity contribution in [2.75, 3.05) is 12.0 Å². The zero-order valence-electron chi connectivity index (χ0n) is 9.75. The molecule has 0 amide bonds. The Bertz CT molecular complexity index is 353. The van der Waals surface area contributed by atoms with E-state index in [-0.39, 0.29) is 11.6 Å². The molecule has 2 N–H and O–H groups in total. The van der Waals surface area contributed by atoms with Crippen LogP contribution in [-0.4, -0.2) is 24.2 Å². The molecule has 0 radical (unpaired) electrons. The summed E-state index contributed by atoms with van der Waals surface area (Å²) in [6.07, 6.45) is -3.16. The second kappa shape index (κ2) is 5.40. The third-order valence-electron chi connectivity index (χ3n) is 2.40. The van der Waals surface area contributed by atoms with Crippen LogP contribution in [-0.2, 0) is 5.60 Å². The minimum Gasteiger partial charge on any atom is -0.383 e. The number of alkyl halides is 3. The van der Waals surface area contributed by atoms with Gasteiger partial charge in [-0.2, -0.15) is 0 Å². The van der Waals surface area contributed by atoms with Crippen LogP contribution in [0.1, 0.15) is 19.4 Å². The Hall–Kier alpha value is -1.23. The van der Waals surface area contributed by atoms with Gasteiger partial charge in [-0.05, 0) is 31.5 Å². The number of aliphatic hydroxyl groups is 1. The van der Waals surface area contributed by atoms with Crippen LogP contribution in [0.2, 0.25) is 0 Å². The molecule has 1 unspecified atom stereocenters. The molecule has 5 heteroatoms. The van der Waals surface area contributed by atoms with Crippen LogP contribution in [0.3, 0.4) is 0 Å². The van der Waals surface area contributed by atoms with E-state index >= 15 is 0 Å². The summed E-state index contributed by atoms with van der Waals surface area (Å²) in [6, 6.07) is 5.89. The molecule has 0 fully saturated rings. The van der Waals surface area contributed by atoms with Crippen LogP contribution in [0.4, 0.5) is 18.9 Å². The highest BCUT2D eigenvalue weighted by atomic mass is 19.3. The summed E-state index contributed by atoms with van der Waals surface area (Å²) in [4.78, 5) is 0. The molecule has 0 aliphatic carbocycles. The van der Waals surface area contributed by atoms with Gasteiger partial charge in [0.25, 0.3) is 6.43 Å². The van der Waals surface area contributed by atoms with E-state index in [0.29, 0.717) is 0 Å². The summed E-state index contributed by atoms with van der Waals surface area (Å²) >= 11 is 0. The van der Waals surface area contributed by atoms with Gasteiger partial charge in [0.15, 0.2) is 5.60 Å². The van der Waals surface area contributed by atoms with Crippen LogP contribution in [0, 0.1) is 0 Å². The van der Waals surface area contributed by atoms with E-state index in [9.17, 15) is 18.3 Å². The minimum atomic E-state index is -3.16. The number of hydrogen-bond donors (Lipinski definition) is 2. The summed E-state index contributed by atoms with van der Waals surface area (Å²) in [5, 5.41) is 12.6. The van der Waals surface area contributed by atoms with E-state index in [1.54, 1.807) is 12.1 Å². The maximum Gasteiger partial charge on any atom is 0.273 e. The fourth-order valence-corrected chi connectivity index (χ4v) is 1.45. The molecule has 1 atom stereocenters. The van der Waals surface area contributed by atoms with E-state index in [1.807, 2.05) is 13.8 Å². The molecular formula is C12H16F3NO. The largest absolute Gasteiger partial charge is 0.383 e. The molecule has 0 spiro atoms. The van der Waals surface area contributed by atoms with Crippen LogP contribution in [0.5, 0.6) is 0 Å². The molecule has 1 aromatic carbocycles. The first-order valence-corrected chi connectivity index (χ1v) is 5.33. The Morgan fingerprint density at radius 3 is 2.12 bits per heavy atom. The minimum absolute atomic E-state index is 0.121. The molecule has 1 rings (SSSR count). The van der Waals surface area contributed by atoms with Crippen molar-refractivity contribution in [1.82, 2.24) is 0 Å². The fraction of sp³-hybridized carbons (Fsp3) is 0.500. The molecule has 0 heterocycles. The van der Waals surface area contributed by atoms with Gasteiger partial charge in [0.1, 0.15) is 6.67 Å². The van der Waals surface area contributed by atoms with E-state index < -0.39 is 18.7 Å². The van der Waals surface area contributed by atoms with Crippen LogP contribution < -0.4 is 5.32 Å². The van der Waals surface area contributed by atoms with Crippen LogP contribution in [0.25, 0.3) is 0 Å². The summed E-state index contributed by atoms with van der Waals surface area (Å²) < 4.78 is 37.7. The zero-order chi connectivity index (χ0) is 13.1. The van der Waals surface area contributed by atoms with E-state index in [1.165, 1.54) is 12.1 Å². The maximum atomic E-state index is 12.6. The van der Waals surface area contributed by atoms with Gasteiger partial charge in [-0.15, -0.1) is 0 Å². The van der Waals surface area contributed by atoms with Gasteiger partial charge < -0.3 is 10.4 Å². The summed E-state index contributed by atoms with van der Waals surface area (Å²) in [6.45, 7) is 2.36. The molecule has 1 aromatic rings. The van der Waals surface area contributed by atoms with Crippen molar-refractivity contribution in [2.45, 2.75) is 31.9 Å². The van der Waals surface area contributed by atoms with Crippen LogP contribution in [0.15, 0.2) is 24.3 Å². The van der Waals surface area contributed by atoms with Crippen molar-refractivity contribution in [3.63, 3.8) is 0 Å². The van der Waals surface area contributed by atoms with E-state index in [0.717, 1.165) is 5.69 Å². The lowest BCUT2D eigenvalue weighted by Gasteiger charge is -2.24. The van der Waals surface area contributed by atoms with Gasteiger partial charge in [-0.1, -0.05) is 12.1 Å². The smallest absolute Gasteiger partial charge is 0.273 e. The van der Waals surface area contributed by atoms with Gasteiger partial charge in [0.05, 0.1) is 0 Å². The van der Waals surface area contributed by atoms with Gasteiger partial charge in [0, 0.05) is 11.7 Å². The molecule has 17 heavy (non-hydrogen) atoms. The lowest BCUT2D eigenvalue weighted by molar-refractivity contribution is -0.114. The summed E-state index contributed by atoms with van der Waals surface area (Å²) in [7, 11) is 0. The predicted octanol–water partition coefficient (Wildman–Crippen LogP) is 2.93. The van der Waals surface area contributed by atoms with Gasteiger partial charge in [-0.3, -0.25) is 0 Å². The molecule has 0 bridgehead atoms. The number of anilines is 1. The van der Waals surface area contributed by atoms with Crippen molar-refractivity contribution in [1.29, 1.82) is 0 Å². The number of benzene rings is 1. The second-order valence-corrected chi connectivity index (χ2v) is 4.23. The normalized spacial score (nSPS) is 15.1. The first-order valence-electron chi connectivity index (χ1n) is 5.33.